The van der Waals surface area contributed by atoms with Gasteiger partial charge in [-0.2, -0.15) is 5.10 Å². The summed E-state index contributed by atoms with van der Waals surface area (Å²) >= 11 is 1.75. The number of thiophene rings is 1. The van der Waals surface area contributed by atoms with Crippen LogP contribution in [-0.4, -0.2) is 9.78 Å². The van der Waals surface area contributed by atoms with Crippen molar-refractivity contribution in [3.63, 3.8) is 0 Å². The van der Waals surface area contributed by atoms with E-state index in [0.717, 1.165) is 18.2 Å². The average molecular weight is 275 g/mol. The third-order valence-electron chi connectivity index (χ3n) is 4.14. The summed E-state index contributed by atoms with van der Waals surface area (Å²) in [5.41, 5.74) is 8.57. The summed E-state index contributed by atoms with van der Waals surface area (Å²) in [5.74, 6) is 1.59. The van der Waals surface area contributed by atoms with Gasteiger partial charge in [-0.3, -0.25) is 4.68 Å². The number of hydrogen-bond acceptors (Lipinski definition) is 3. The lowest BCUT2D eigenvalue weighted by molar-refractivity contribution is 0.354. The Morgan fingerprint density at radius 1 is 1.37 bits per heavy atom. The third kappa shape index (κ3) is 2.54. The maximum atomic E-state index is 6.21. The Balaban J connectivity index is 1.90. The number of anilines is 1. The largest absolute Gasteiger partial charge is 0.383 e. The minimum atomic E-state index is 0.793. The van der Waals surface area contributed by atoms with Crippen LogP contribution in [0.1, 0.15) is 37.8 Å². The highest BCUT2D eigenvalue weighted by Crippen LogP contribution is 2.36. The van der Waals surface area contributed by atoms with E-state index in [9.17, 15) is 0 Å². The van der Waals surface area contributed by atoms with Crippen molar-refractivity contribution in [1.29, 1.82) is 0 Å². The van der Waals surface area contributed by atoms with E-state index in [1.807, 2.05) is 11.7 Å². The van der Waals surface area contributed by atoms with E-state index in [-0.39, 0.29) is 0 Å². The zero-order valence-electron chi connectivity index (χ0n) is 11.4. The molecule has 3 rings (SSSR count). The van der Waals surface area contributed by atoms with Gasteiger partial charge in [0.2, 0.25) is 0 Å². The fraction of sp³-hybridized carbons (Fsp3) is 0.533. The van der Waals surface area contributed by atoms with Crippen molar-refractivity contribution in [2.24, 2.45) is 13.0 Å². The van der Waals surface area contributed by atoms with Crippen LogP contribution >= 0.6 is 11.3 Å². The van der Waals surface area contributed by atoms with Crippen molar-refractivity contribution in [1.82, 2.24) is 9.78 Å². The van der Waals surface area contributed by atoms with Crippen LogP contribution in [0, 0.1) is 5.92 Å². The number of aryl methyl sites for hydroxylation is 1. The summed E-state index contributed by atoms with van der Waals surface area (Å²) in [7, 11) is 1.94. The van der Waals surface area contributed by atoms with Gasteiger partial charge in [0.1, 0.15) is 5.82 Å². The van der Waals surface area contributed by atoms with E-state index < -0.39 is 0 Å². The number of nitrogens with two attached hydrogens (primary N) is 1. The maximum absolute atomic E-state index is 6.21. The van der Waals surface area contributed by atoms with Crippen molar-refractivity contribution in [3.05, 3.63) is 23.2 Å². The first kappa shape index (κ1) is 12.7. The van der Waals surface area contributed by atoms with Crippen LogP contribution in [-0.2, 0) is 13.5 Å². The highest BCUT2D eigenvalue weighted by atomic mass is 32.1. The molecule has 2 aromatic rings. The number of rotatable bonds is 3. The van der Waals surface area contributed by atoms with Crippen LogP contribution in [0.5, 0.6) is 0 Å². The molecule has 0 aliphatic heterocycles. The van der Waals surface area contributed by atoms with Gasteiger partial charge in [0.15, 0.2) is 0 Å². The van der Waals surface area contributed by atoms with Gasteiger partial charge >= 0.3 is 0 Å². The van der Waals surface area contributed by atoms with E-state index in [0.29, 0.717) is 0 Å². The summed E-state index contributed by atoms with van der Waals surface area (Å²) in [5, 5.41) is 6.76. The summed E-state index contributed by atoms with van der Waals surface area (Å²) in [6.07, 6.45) is 7.93. The Bertz CT molecular complexity index is 536. The lowest BCUT2D eigenvalue weighted by Crippen LogP contribution is -2.10. The normalized spacial score (nSPS) is 16.9. The second-order valence-electron chi connectivity index (χ2n) is 5.52. The molecule has 2 N–H and O–H groups in total. The Morgan fingerprint density at radius 3 is 2.84 bits per heavy atom. The van der Waals surface area contributed by atoms with Gasteiger partial charge < -0.3 is 5.73 Å². The molecule has 0 amide bonds. The molecule has 0 unspecified atom stereocenters. The molecule has 0 aromatic carbocycles. The predicted octanol–water partition coefficient (Wildman–Crippen LogP) is 3.85. The van der Waals surface area contributed by atoms with Gasteiger partial charge in [-0.15, -0.1) is 11.3 Å². The van der Waals surface area contributed by atoms with Gasteiger partial charge in [0.05, 0.1) is 11.3 Å². The van der Waals surface area contributed by atoms with Gasteiger partial charge in [-0.05, 0) is 23.8 Å². The molecule has 0 bridgehead atoms. The highest BCUT2D eigenvalue weighted by Gasteiger charge is 2.21. The number of hydrogen-bond donors (Lipinski definition) is 1. The van der Waals surface area contributed by atoms with E-state index in [4.69, 9.17) is 5.73 Å². The molecular weight excluding hydrogens is 254 g/mol. The molecule has 1 fully saturated rings. The van der Waals surface area contributed by atoms with Crippen molar-refractivity contribution in [2.45, 2.75) is 38.5 Å². The van der Waals surface area contributed by atoms with Crippen molar-refractivity contribution >= 4 is 17.2 Å². The number of aromatic nitrogens is 2. The number of nitrogens with zero attached hydrogens (tertiary/aromatic N) is 2. The highest BCUT2D eigenvalue weighted by molar-refractivity contribution is 7.13. The Labute approximate surface area is 118 Å². The van der Waals surface area contributed by atoms with E-state index >= 15 is 0 Å². The standard InChI is InChI=1S/C15H21N3S/c1-18-15(16)14(13-8-5-9-19-13)12(17-18)10-11-6-3-2-4-7-11/h5,8-9,11H,2-4,6-7,10,16H2,1H3. The molecule has 1 aliphatic rings. The average Bonchev–Trinajstić information content (AvgIpc) is 3.01. The first-order valence-electron chi connectivity index (χ1n) is 7.11. The van der Waals surface area contributed by atoms with Crippen LogP contribution in [0.3, 0.4) is 0 Å². The summed E-state index contributed by atoms with van der Waals surface area (Å²) in [6, 6.07) is 4.22. The quantitative estimate of drug-likeness (QED) is 0.924. The van der Waals surface area contributed by atoms with Crippen molar-refractivity contribution in [3.8, 4) is 10.4 Å². The lowest BCUT2D eigenvalue weighted by atomic mass is 9.85. The Hall–Kier alpha value is -1.29. The fourth-order valence-corrected chi connectivity index (χ4v) is 3.89. The molecule has 2 aromatic heterocycles. The fourth-order valence-electron chi connectivity index (χ4n) is 3.09. The topological polar surface area (TPSA) is 43.8 Å². The minimum Gasteiger partial charge on any atom is -0.383 e. The molecule has 0 spiro atoms. The SMILES string of the molecule is Cn1nc(CC2CCCCC2)c(-c2cccs2)c1N. The summed E-state index contributed by atoms with van der Waals surface area (Å²) < 4.78 is 1.83. The summed E-state index contributed by atoms with van der Waals surface area (Å²) in [6.45, 7) is 0. The zero-order valence-corrected chi connectivity index (χ0v) is 12.2. The zero-order chi connectivity index (χ0) is 13.2. The second kappa shape index (κ2) is 5.37. The maximum Gasteiger partial charge on any atom is 0.130 e. The molecule has 0 radical (unpaired) electrons. The van der Waals surface area contributed by atoms with Gasteiger partial charge in [-0.1, -0.05) is 38.2 Å². The molecule has 102 valence electrons. The third-order valence-corrected chi connectivity index (χ3v) is 5.03. The molecule has 3 nitrogen and oxygen atoms in total. The Morgan fingerprint density at radius 2 is 2.16 bits per heavy atom. The van der Waals surface area contributed by atoms with E-state index in [1.165, 1.54) is 48.2 Å². The van der Waals surface area contributed by atoms with Crippen molar-refractivity contribution in [2.75, 3.05) is 5.73 Å². The molecule has 4 heteroatoms. The van der Waals surface area contributed by atoms with Gasteiger partial charge in [-0.25, -0.2) is 0 Å². The van der Waals surface area contributed by atoms with Crippen LogP contribution in [0.25, 0.3) is 10.4 Å². The number of nitrogen functional groups attached to an aromatic ring is 1. The van der Waals surface area contributed by atoms with Gasteiger partial charge in [0, 0.05) is 11.9 Å². The van der Waals surface area contributed by atoms with E-state index in [2.05, 4.69) is 22.6 Å². The lowest BCUT2D eigenvalue weighted by Gasteiger charge is -2.20. The van der Waals surface area contributed by atoms with Crippen LogP contribution in [0.2, 0.25) is 0 Å². The molecule has 1 aliphatic carbocycles. The Kier molecular flexibility index (Phi) is 3.60. The monoisotopic (exact) mass is 275 g/mol. The van der Waals surface area contributed by atoms with E-state index in [1.54, 1.807) is 11.3 Å². The first-order valence-corrected chi connectivity index (χ1v) is 7.99. The summed E-state index contributed by atoms with van der Waals surface area (Å²) in [4.78, 5) is 1.25. The molecule has 19 heavy (non-hydrogen) atoms. The molecule has 1 saturated carbocycles. The molecule has 0 saturated heterocycles. The van der Waals surface area contributed by atoms with Crippen LogP contribution in [0.4, 0.5) is 5.82 Å². The first-order chi connectivity index (χ1) is 9.25. The molecule has 2 heterocycles. The molecule has 0 atom stereocenters. The van der Waals surface area contributed by atoms with Gasteiger partial charge in [0.25, 0.3) is 0 Å². The minimum absolute atomic E-state index is 0.793. The van der Waals surface area contributed by atoms with Crippen molar-refractivity contribution < 1.29 is 0 Å². The molecular formula is C15H21N3S. The van der Waals surface area contributed by atoms with Crippen LogP contribution < -0.4 is 5.73 Å². The second-order valence-corrected chi connectivity index (χ2v) is 6.46. The van der Waals surface area contributed by atoms with Crippen LogP contribution in [0.15, 0.2) is 17.5 Å². The predicted molar refractivity (Wildman–Crippen MR) is 81.2 cm³/mol. The smallest absolute Gasteiger partial charge is 0.130 e.